The second-order valence-corrected chi connectivity index (χ2v) is 10.2. The molecular formula is C28H27BrN4O3S. The summed E-state index contributed by atoms with van der Waals surface area (Å²) >= 11 is 5.27. The largest absolute Gasteiger partial charge is 0.490 e. The molecule has 0 saturated carbocycles. The van der Waals surface area contributed by atoms with Gasteiger partial charge in [-0.25, -0.2) is 0 Å². The minimum absolute atomic E-state index is 0.429. The summed E-state index contributed by atoms with van der Waals surface area (Å²) in [6, 6.07) is 21.9. The van der Waals surface area contributed by atoms with Crippen LogP contribution in [0.3, 0.4) is 0 Å². The van der Waals surface area contributed by atoms with Crippen molar-refractivity contribution in [1.82, 2.24) is 15.2 Å². The van der Waals surface area contributed by atoms with E-state index in [1.54, 1.807) is 11.8 Å². The molecule has 0 fully saturated rings. The smallest absolute Gasteiger partial charge is 0.247 e. The molecule has 0 amide bonds. The highest BCUT2D eigenvalue weighted by Crippen LogP contribution is 2.43. The van der Waals surface area contributed by atoms with E-state index in [1.165, 1.54) is 0 Å². The van der Waals surface area contributed by atoms with Gasteiger partial charge in [-0.2, -0.15) is 4.98 Å². The maximum absolute atomic E-state index is 6.45. The molecule has 0 aliphatic carbocycles. The number of thioether (sulfide) groups is 1. The molecule has 1 aromatic heterocycles. The van der Waals surface area contributed by atoms with Gasteiger partial charge in [0.15, 0.2) is 23.4 Å². The lowest BCUT2D eigenvalue weighted by molar-refractivity contribution is 0.223. The van der Waals surface area contributed by atoms with Crippen molar-refractivity contribution >= 4 is 33.4 Å². The van der Waals surface area contributed by atoms with Crippen LogP contribution < -0.4 is 19.5 Å². The molecule has 1 aliphatic heterocycles. The molecule has 0 unspecified atom stereocenters. The second-order valence-electron chi connectivity index (χ2n) is 8.32. The van der Waals surface area contributed by atoms with Crippen LogP contribution in [0.1, 0.15) is 37.6 Å². The molecule has 4 aromatic rings. The SMILES string of the molecule is CCCSc1nnc2c(n1)O[C@H](c1cc(Br)c(OCc3ccccc3)c(OCC)c1)Nc1ccccc1-2. The molecule has 1 N–H and O–H groups in total. The number of rotatable bonds is 9. The summed E-state index contributed by atoms with van der Waals surface area (Å²) in [7, 11) is 0. The van der Waals surface area contributed by atoms with Crippen LogP contribution >= 0.6 is 27.7 Å². The van der Waals surface area contributed by atoms with Crippen LogP contribution in [0.4, 0.5) is 5.69 Å². The van der Waals surface area contributed by atoms with Gasteiger partial charge in [0.2, 0.25) is 11.0 Å². The van der Waals surface area contributed by atoms with Crippen molar-refractivity contribution < 1.29 is 14.2 Å². The molecule has 9 heteroatoms. The highest BCUT2D eigenvalue weighted by atomic mass is 79.9. The van der Waals surface area contributed by atoms with E-state index < -0.39 is 6.23 Å². The van der Waals surface area contributed by atoms with Crippen molar-refractivity contribution in [1.29, 1.82) is 0 Å². The summed E-state index contributed by atoms with van der Waals surface area (Å²) in [5, 5.41) is 12.9. The van der Waals surface area contributed by atoms with Crippen molar-refractivity contribution in [2.24, 2.45) is 0 Å². The quantitative estimate of drug-likeness (QED) is 0.207. The minimum atomic E-state index is -0.540. The zero-order valence-electron chi connectivity index (χ0n) is 20.6. The topological polar surface area (TPSA) is 78.4 Å². The first-order chi connectivity index (χ1) is 18.2. The fraction of sp³-hybridized carbons (Fsp3) is 0.250. The lowest BCUT2D eigenvalue weighted by atomic mass is 10.1. The van der Waals surface area contributed by atoms with Gasteiger partial charge >= 0.3 is 0 Å². The van der Waals surface area contributed by atoms with E-state index in [-0.39, 0.29) is 0 Å². The van der Waals surface area contributed by atoms with E-state index >= 15 is 0 Å². The van der Waals surface area contributed by atoms with Crippen LogP contribution in [0.5, 0.6) is 17.4 Å². The van der Waals surface area contributed by atoms with Crippen molar-refractivity contribution in [2.45, 2.75) is 38.3 Å². The Balaban J connectivity index is 1.50. The number of para-hydroxylation sites is 1. The lowest BCUT2D eigenvalue weighted by Crippen LogP contribution is -2.17. The normalized spacial score (nSPS) is 14.0. The Bertz CT molecular complexity index is 1370. The van der Waals surface area contributed by atoms with E-state index in [0.29, 0.717) is 41.4 Å². The molecule has 1 aliphatic rings. The number of aromatic nitrogens is 3. The Morgan fingerprint density at radius 3 is 2.62 bits per heavy atom. The molecule has 0 radical (unpaired) electrons. The number of nitrogens with one attached hydrogen (secondary N) is 1. The van der Waals surface area contributed by atoms with Gasteiger partial charge in [0.1, 0.15) is 6.61 Å². The molecular weight excluding hydrogens is 552 g/mol. The van der Waals surface area contributed by atoms with Gasteiger partial charge < -0.3 is 19.5 Å². The van der Waals surface area contributed by atoms with E-state index in [1.807, 2.05) is 73.7 Å². The van der Waals surface area contributed by atoms with Crippen LogP contribution in [0.2, 0.25) is 0 Å². The van der Waals surface area contributed by atoms with Gasteiger partial charge in [-0.15, -0.1) is 10.2 Å². The summed E-state index contributed by atoms with van der Waals surface area (Å²) in [4.78, 5) is 4.71. The van der Waals surface area contributed by atoms with Gasteiger partial charge in [0, 0.05) is 22.6 Å². The van der Waals surface area contributed by atoms with Crippen molar-refractivity contribution in [3.8, 4) is 28.6 Å². The standard InChI is InChI=1S/C28H27BrN4O3S/c1-3-14-37-28-31-27-24(32-33-28)20-12-8-9-13-22(20)30-26(36-27)19-15-21(29)25(23(16-19)34-4-2)35-17-18-10-6-5-7-11-18/h5-13,15-16,26,30H,3-4,14,17H2,1-2H3/t26-/m1/s1. The lowest BCUT2D eigenvalue weighted by Gasteiger charge is -2.22. The fourth-order valence-electron chi connectivity index (χ4n) is 3.92. The molecule has 5 rings (SSSR count). The van der Waals surface area contributed by atoms with Gasteiger partial charge in [0.25, 0.3) is 0 Å². The minimum Gasteiger partial charge on any atom is -0.490 e. The second kappa shape index (κ2) is 11.8. The average molecular weight is 580 g/mol. The van der Waals surface area contributed by atoms with Crippen molar-refractivity contribution in [3.05, 3.63) is 82.3 Å². The first-order valence-electron chi connectivity index (χ1n) is 12.2. The third-order valence-electron chi connectivity index (χ3n) is 5.63. The number of ether oxygens (including phenoxy) is 3. The predicted octanol–water partition coefficient (Wildman–Crippen LogP) is 7.28. The molecule has 3 aromatic carbocycles. The Hall–Kier alpha value is -3.30. The van der Waals surface area contributed by atoms with Gasteiger partial charge in [0.05, 0.1) is 11.1 Å². The molecule has 2 heterocycles. The van der Waals surface area contributed by atoms with E-state index in [2.05, 4.69) is 38.4 Å². The highest BCUT2D eigenvalue weighted by molar-refractivity contribution is 9.10. The van der Waals surface area contributed by atoms with Gasteiger partial charge in [-0.1, -0.05) is 67.2 Å². The molecule has 0 bridgehead atoms. The summed E-state index contributed by atoms with van der Waals surface area (Å²) in [6.07, 6.45) is 0.480. The zero-order valence-corrected chi connectivity index (χ0v) is 23.0. The van der Waals surface area contributed by atoms with Crippen LogP contribution in [0, 0.1) is 0 Å². The van der Waals surface area contributed by atoms with Crippen LogP contribution in [0.15, 0.2) is 76.4 Å². The third kappa shape index (κ3) is 5.83. The maximum atomic E-state index is 6.45. The Morgan fingerprint density at radius 2 is 1.81 bits per heavy atom. The number of hydrogen-bond acceptors (Lipinski definition) is 8. The average Bonchev–Trinajstić information content (AvgIpc) is 3.08. The van der Waals surface area contributed by atoms with Crippen molar-refractivity contribution in [3.63, 3.8) is 0 Å². The van der Waals surface area contributed by atoms with Gasteiger partial charge in [-0.05, 0) is 53.0 Å². The number of hydrogen-bond donors (Lipinski definition) is 1. The molecule has 37 heavy (non-hydrogen) atoms. The number of benzene rings is 3. The number of halogens is 1. The maximum Gasteiger partial charge on any atom is 0.247 e. The first kappa shape index (κ1) is 25.4. The predicted molar refractivity (Wildman–Crippen MR) is 149 cm³/mol. The van der Waals surface area contributed by atoms with E-state index in [4.69, 9.17) is 19.2 Å². The summed E-state index contributed by atoms with van der Waals surface area (Å²) in [5.41, 5.74) is 4.31. The zero-order chi connectivity index (χ0) is 25.6. The number of nitrogens with zero attached hydrogens (tertiary/aromatic N) is 3. The highest BCUT2D eigenvalue weighted by Gasteiger charge is 2.27. The summed E-state index contributed by atoms with van der Waals surface area (Å²) in [6.45, 7) is 5.00. The Labute approximate surface area is 229 Å². The number of anilines is 1. The van der Waals surface area contributed by atoms with E-state index in [0.717, 1.165) is 39.0 Å². The fourth-order valence-corrected chi connectivity index (χ4v) is 5.13. The molecule has 0 spiro atoms. The third-order valence-corrected chi connectivity index (χ3v) is 7.26. The van der Waals surface area contributed by atoms with E-state index in [9.17, 15) is 0 Å². The first-order valence-corrected chi connectivity index (χ1v) is 14.0. The van der Waals surface area contributed by atoms with Crippen LogP contribution in [-0.4, -0.2) is 27.5 Å². The number of fused-ring (bicyclic) bond motifs is 3. The molecule has 1 atom stereocenters. The summed E-state index contributed by atoms with van der Waals surface area (Å²) in [5.74, 6) is 2.63. The van der Waals surface area contributed by atoms with Crippen LogP contribution in [-0.2, 0) is 6.61 Å². The van der Waals surface area contributed by atoms with Gasteiger partial charge in [-0.3, -0.25) is 0 Å². The summed E-state index contributed by atoms with van der Waals surface area (Å²) < 4.78 is 19.4. The molecule has 7 nitrogen and oxygen atoms in total. The monoisotopic (exact) mass is 578 g/mol. The molecule has 190 valence electrons. The van der Waals surface area contributed by atoms with Crippen molar-refractivity contribution in [2.75, 3.05) is 17.7 Å². The Kier molecular flexibility index (Phi) is 8.11. The molecule has 0 saturated heterocycles. The Morgan fingerprint density at radius 1 is 1.00 bits per heavy atom. The van der Waals surface area contributed by atoms with Crippen LogP contribution in [0.25, 0.3) is 11.3 Å².